The van der Waals surface area contributed by atoms with Crippen LogP contribution in [0.15, 0.2) is 29.2 Å². The molecule has 0 aliphatic rings. The summed E-state index contributed by atoms with van der Waals surface area (Å²) in [5.74, 6) is 0.736. The van der Waals surface area contributed by atoms with Crippen molar-refractivity contribution in [2.45, 2.75) is 37.4 Å². The van der Waals surface area contributed by atoms with Crippen molar-refractivity contribution in [1.82, 2.24) is 0 Å². The Bertz CT molecular complexity index is 540. The Labute approximate surface area is 134 Å². The highest BCUT2D eigenvalue weighted by Gasteiger charge is 2.23. The molecule has 7 heteroatoms. The minimum Gasteiger partial charge on any atom is -0.468 e. The summed E-state index contributed by atoms with van der Waals surface area (Å²) in [5.41, 5.74) is 0. The van der Waals surface area contributed by atoms with Crippen molar-refractivity contribution in [1.29, 1.82) is 0 Å². The van der Waals surface area contributed by atoms with Gasteiger partial charge < -0.3 is 13.9 Å². The molecule has 1 aromatic carbocycles. The number of ether oxygens (including phenoxy) is 2. The van der Waals surface area contributed by atoms with Crippen molar-refractivity contribution in [2.75, 3.05) is 26.3 Å². The number of benzene rings is 1. The minimum atomic E-state index is -3.26. The van der Waals surface area contributed by atoms with Crippen molar-refractivity contribution in [2.24, 2.45) is 0 Å². The first-order valence-corrected chi connectivity index (χ1v) is 12.2. The van der Waals surface area contributed by atoms with Gasteiger partial charge in [-0.2, -0.15) is 0 Å². The molecule has 0 bridgehead atoms. The summed E-state index contributed by atoms with van der Waals surface area (Å²) in [4.78, 5) is 0.327. The van der Waals surface area contributed by atoms with E-state index in [0.717, 1.165) is 6.04 Å². The van der Waals surface area contributed by atoms with Gasteiger partial charge in [-0.05, 0) is 56.7 Å². The van der Waals surface area contributed by atoms with Gasteiger partial charge in [0.15, 0.2) is 24.9 Å². The number of hydrogen-bond donors (Lipinski definition) is 0. The third-order valence-corrected chi connectivity index (χ3v) is 7.70. The molecule has 0 spiro atoms. The summed E-state index contributed by atoms with van der Waals surface area (Å²) in [6, 6.07) is 7.28. The van der Waals surface area contributed by atoms with Crippen LogP contribution in [0.5, 0.6) is 5.75 Å². The number of sulfone groups is 1. The van der Waals surface area contributed by atoms with Crippen LogP contribution in [0.4, 0.5) is 0 Å². The Morgan fingerprint density at radius 2 is 1.77 bits per heavy atom. The zero-order valence-corrected chi connectivity index (χ0v) is 15.6. The molecule has 0 atom stereocenters. The molecule has 0 radical (unpaired) electrons. The van der Waals surface area contributed by atoms with E-state index in [1.807, 2.05) is 6.92 Å². The Kier molecular flexibility index (Phi) is 7.54. The van der Waals surface area contributed by atoms with Crippen LogP contribution in [0.1, 0.15) is 13.3 Å². The molecule has 1 aromatic rings. The molecule has 0 aromatic heterocycles. The quantitative estimate of drug-likeness (QED) is 0.481. The van der Waals surface area contributed by atoms with E-state index in [0.29, 0.717) is 23.7 Å². The fourth-order valence-electron chi connectivity index (χ4n) is 2.14. The largest absolute Gasteiger partial charge is 0.468 e. The second-order valence-corrected chi connectivity index (χ2v) is 12.1. The number of methoxy groups -OCH3 is 1. The lowest BCUT2D eigenvalue weighted by molar-refractivity contribution is 0.0511. The van der Waals surface area contributed by atoms with Crippen LogP contribution in [0.25, 0.3) is 0 Å². The van der Waals surface area contributed by atoms with E-state index in [4.69, 9.17) is 13.9 Å². The van der Waals surface area contributed by atoms with E-state index >= 15 is 0 Å². The molecule has 0 N–H and O–H groups in total. The summed E-state index contributed by atoms with van der Waals surface area (Å²) in [5, 5.41) is 0. The molecular formula is C15H26O5SSi. The fourth-order valence-corrected chi connectivity index (χ4v) is 5.66. The molecule has 0 fully saturated rings. The summed E-state index contributed by atoms with van der Waals surface area (Å²) >= 11 is 0. The van der Waals surface area contributed by atoms with E-state index in [-0.39, 0.29) is 12.5 Å². The van der Waals surface area contributed by atoms with Gasteiger partial charge in [0.2, 0.25) is 0 Å². The first-order chi connectivity index (χ1) is 10.3. The number of hydrogen-bond acceptors (Lipinski definition) is 5. The average Bonchev–Trinajstić information content (AvgIpc) is 2.45. The van der Waals surface area contributed by atoms with Gasteiger partial charge in [0, 0.05) is 13.7 Å². The summed E-state index contributed by atoms with van der Waals surface area (Å²) in [6.45, 7) is 7.03. The van der Waals surface area contributed by atoms with Crippen LogP contribution in [0, 0.1) is 0 Å². The van der Waals surface area contributed by atoms with Crippen LogP contribution in [-0.4, -0.2) is 43.0 Å². The predicted molar refractivity (Wildman–Crippen MR) is 89.5 cm³/mol. The molecule has 126 valence electrons. The highest BCUT2D eigenvalue weighted by molar-refractivity contribution is 7.91. The normalized spacial score (nSPS) is 12.4. The summed E-state index contributed by atoms with van der Waals surface area (Å²) < 4.78 is 40.4. The molecule has 1 rings (SSSR count). The van der Waals surface area contributed by atoms with Crippen LogP contribution in [0.3, 0.4) is 0 Å². The molecular weight excluding hydrogens is 320 g/mol. The zero-order valence-electron chi connectivity index (χ0n) is 13.8. The van der Waals surface area contributed by atoms with Crippen LogP contribution < -0.4 is 4.74 Å². The van der Waals surface area contributed by atoms with E-state index in [9.17, 15) is 8.42 Å². The Morgan fingerprint density at radius 1 is 1.14 bits per heavy atom. The van der Waals surface area contributed by atoms with Gasteiger partial charge in [-0.15, -0.1) is 0 Å². The van der Waals surface area contributed by atoms with Crippen LogP contribution in [-0.2, 0) is 19.0 Å². The SMILES string of the molecule is CCO[Si](C)(C)CCCS(=O)(=O)c1ccc(OCOC)cc1. The maximum atomic E-state index is 12.3. The maximum absolute atomic E-state index is 12.3. The average molecular weight is 347 g/mol. The Hall–Kier alpha value is -0.893. The molecule has 0 amide bonds. The smallest absolute Gasteiger partial charge is 0.188 e. The molecule has 0 aliphatic heterocycles. The summed E-state index contributed by atoms with van der Waals surface area (Å²) in [6.07, 6.45) is 0.628. The second-order valence-electron chi connectivity index (χ2n) is 5.64. The first-order valence-electron chi connectivity index (χ1n) is 7.39. The molecule has 22 heavy (non-hydrogen) atoms. The van der Waals surface area contributed by atoms with Gasteiger partial charge in [0.25, 0.3) is 0 Å². The zero-order chi connectivity index (χ0) is 16.6. The van der Waals surface area contributed by atoms with Crippen molar-refractivity contribution in [3.63, 3.8) is 0 Å². The van der Waals surface area contributed by atoms with Gasteiger partial charge in [-0.1, -0.05) is 0 Å². The van der Waals surface area contributed by atoms with E-state index in [2.05, 4.69) is 13.1 Å². The third-order valence-electron chi connectivity index (χ3n) is 3.25. The highest BCUT2D eigenvalue weighted by Crippen LogP contribution is 2.20. The van der Waals surface area contributed by atoms with E-state index < -0.39 is 18.2 Å². The lowest BCUT2D eigenvalue weighted by Gasteiger charge is -2.21. The molecule has 0 saturated heterocycles. The van der Waals surface area contributed by atoms with E-state index in [1.165, 1.54) is 7.11 Å². The molecule has 0 unspecified atom stereocenters. The molecule has 0 aliphatic carbocycles. The van der Waals surface area contributed by atoms with Crippen LogP contribution in [0.2, 0.25) is 19.1 Å². The van der Waals surface area contributed by atoms with Gasteiger partial charge >= 0.3 is 0 Å². The number of rotatable bonds is 10. The minimum absolute atomic E-state index is 0.142. The molecule has 0 heterocycles. The van der Waals surface area contributed by atoms with Gasteiger partial charge in [0.1, 0.15) is 5.75 Å². The standard InChI is InChI=1S/C15H26O5SSi/c1-5-20-22(3,4)12-6-11-21(16,17)15-9-7-14(8-10-15)19-13-18-2/h7-10H,5-6,11-13H2,1-4H3. The molecule has 0 saturated carbocycles. The van der Waals surface area contributed by atoms with E-state index in [1.54, 1.807) is 24.3 Å². The van der Waals surface area contributed by atoms with Crippen LogP contribution >= 0.6 is 0 Å². The second kappa shape index (κ2) is 8.66. The fraction of sp³-hybridized carbons (Fsp3) is 0.600. The predicted octanol–water partition coefficient (Wildman–Crippen LogP) is 3.07. The lowest BCUT2D eigenvalue weighted by Crippen LogP contribution is -2.30. The lowest BCUT2D eigenvalue weighted by atomic mass is 10.3. The van der Waals surface area contributed by atoms with Gasteiger partial charge in [-0.3, -0.25) is 0 Å². The Morgan fingerprint density at radius 3 is 2.32 bits per heavy atom. The van der Waals surface area contributed by atoms with Crippen molar-refractivity contribution in [3.8, 4) is 5.75 Å². The van der Waals surface area contributed by atoms with Gasteiger partial charge in [0.05, 0.1) is 10.6 Å². The summed E-state index contributed by atoms with van der Waals surface area (Å²) in [7, 11) is -3.45. The first kappa shape index (κ1) is 19.2. The monoisotopic (exact) mass is 346 g/mol. The Balaban J connectivity index is 2.59. The maximum Gasteiger partial charge on any atom is 0.188 e. The molecule has 5 nitrogen and oxygen atoms in total. The third kappa shape index (κ3) is 6.47. The topological polar surface area (TPSA) is 61.8 Å². The van der Waals surface area contributed by atoms with Crippen molar-refractivity contribution < 1.29 is 22.3 Å². The highest BCUT2D eigenvalue weighted by atomic mass is 32.2. The van der Waals surface area contributed by atoms with Crippen molar-refractivity contribution >= 4 is 18.2 Å². The van der Waals surface area contributed by atoms with Crippen molar-refractivity contribution in [3.05, 3.63) is 24.3 Å². The van der Waals surface area contributed by atoms with Gasteiger partial charge in [-0.25, -0.2) is 8.42 Å².